The predicted octanol–water partition coefficient (Wildman–Crippen LogP) is 4.39. The van der Waals surface area contributed by atoms with E-state index in [-0.39, 0.29) is 5.91 Å². The van der Waals surface area contributed by atoms with Crippen LogP contribution in [0.1, 0.15) is 18.1 Å². The Kier molecular flexibility index (Phi) is 5.69. The highest BCUT2D eigenvalue weighted by Crippen LogP contribution is 2.22. The zero-order valence-electron chi connectivity index (χ0n) is 12.4. The number of benzene rings is 2. The van der Waals surface area contributed by atoms with Crippen molar-refractivity contribution in [2.24, 2.45) is 0 Å². The van der Waals surface area contributed by atoms with Crippen LogP contribution in [0, 0.1) is 6.92 Å². The zero-order chi connectivity index (χ0) is 16.1. The van der Waals surface area contributed by atoms with E-state index in [1.807, 2.05) is 25.1 Å². The van der Waals surface area contributed by atoms with Crippen molar-refractivity contribution in [1.82, 2.24) is 5.32 Å². The molecule has 22 heavy (non-hydrogen) atoms. The van der Waals surface area contributed by atoms with E-state index in [1.54, 1.807) is 31.2 Å². The van der Waals surface area contributed by atoms with Gasteiger partial charge in [-0.05, 0) is 55.3 Å². The lowest BCUT2D eigenvalue weighted by Crippen LogP contribution is -2.36. The molecule has 116 valence electrons. The third-order valence-electron chi connectivity index (χ3n) is 3.17. The molecule has 2 aromatic rings. The number of ether oxygens (including phenoxy) is 1. The van der Waals surface area contributed by atoms with Crippen molar-refractivity contribution in [2.75, 3.05) is 0 Å². The molecule has 0 aromatic heterocycles. The number of nitrogens with one attached hydrogen (secondary N) is 1. The van der Waals surface area contributed by atoms with Crippen molar-refractivity contribution in [2.45, 2.75) is 26.5 Å². The molecular formula is C17H17Cl2NO2. The molecule has 0 aliphatic rings. The van der Waals surface area contributed by atoms with Crippen molar-refractivity contribution in [3.63, 3.8) is 0 Å². The minimum absolute atomic E-state index is 0.186. The Morgan fingerprint density at radius 2 is 1.91 bits per heavy atom. The molecule has 3 nitrogen and oxygen atoms in total. The van der Waals surface area contributed by atoms with E-state index in [0.717, 1.165) is 11.1 Å². The van der Waals surface area contributed by atoms with Gasteiger partial charge >= 0.3 is 0 Å². The average molecular weight is 338 g/mol. The summed E-state index contributed by atoms with van der Waals surface area (Å²) in [7, 11) is 0. The fraction of sp³-hybridized carbons (Fsp3) is 0.235. The van der Waals surface area contributed by atoms with Gasteiger partial charge in [-0.1, -0.05) is 35.3 Å². The van der Waals surface area contributed by atoms with Crippen molar-refractivity contribution < 1.29 is 9.53 Å². The Labute approximate surface area is 140 Å². The van der Waals surface area contributed by atoms with Gasteiger partial charge in [0.25, 0.3) is 5.91 Å². The van der Waals surface area contributed by atoms with E-state index in [9.17, 15) is 4.79 Å². The van der Waals surface area contributed by atoms with E-state index in [1.165, 1.54) is 0 Å². The van der Waals surface area contributed by atoms with Crippen LogP contribution in [0.2, 0.25) is 10.0 Å². The quantitative estimate of drug-likeness (QED) is 0.878. The fourth-order valence-corrected chi connectivity index (χ4v) is 2.41. The van der Waals surface area contributed by atoms with Gasteiger partial charge in [0.05, 0.1) is 0 Å². The first-order valence-electron chi connectivity index (χ1n) is 6.90. The highest BCUT2D eigenvalue weighted by atomic mass is 35.5. The molecule has 0 bridgehead atoms. The van der Waals surface area contributed by atoms with Gasteiger partial charge in [0.15, 0.2) is 6.10 Å². The average Bonchev–Trinajstić information content (AvgIpc) is 2.47. The predicted molar refractivity (Wildman–Crippen MR) is 89.6 cm³/mol. The molecule has 0 saturated carbocycles. The number of rotatable bonds is 5. The van der Waals surface area contributed by atoms with Crippen LogP contribution in [0.15, 0.2) is 42.5 Å². The molecule has 5 heteroatoms. The van der Waals surface area contributed by atoms with Crippen LogP contribution in [-0.2, 0) is 11.3 Å². The molecule has 1 N–H and O–H groups in total. The van der Waals surface area contributed by atoms with Gasteiger partial charge in [-0.2, -0.15) is 0 Å². The summed E-state index contributed by atoms with van der Waals surface area (Å²) in [4.78, 5) is 12.1. The molecule has 1 unspecified atom stereocenters. The normalized spacial score (nSPS) is 11.8. The number of hydrogen-bond acceptors (Lipinski definition) is 2. The van der Waals surface area contributed by atoms with Crippen LogP contribution in [0.25, 0.3) is 0 Å². The summed E-state index contributed by atoms with van der Waals surface area (Å²) in [6, 6.07) is 12.7. The van der Waals surface area contributed by atoms with Gasteiger partial charge in [0, 0.05) is 16.6 Å². The van der Waals surface area contributed by atoms with Crippen molar-refractivity contribution >= 4 is 29.1 Å². The molecule has 0 fully saturated rings. The second-order valence-corrected chi connectivity index (χ2v) is 5.89. The first-order chi connectivity index (χ1) is 10.5. The van der Waals surface area contributed by atoms with Crippen LogP contribution < -0.4 is 10.1 Å². The van der Waals surface area contributed by atoms with Crippen LogP contribution in [0.4, 0.5) is 0 Å². The number of aryl methyl sites for hydroxylation is 1. The molecular weight excluding hydrogens is 321 g/mol. The second-order valence-electron chi connectivity index (χ2n) is 5.02. The first-order valence-corrected chi connectivity index (χ1v) is 7.66. The molecule has 0 saturated heterocycles. The largest absolute Gasteiger partial charge is 0.481 e. The molecule has 0 radical (unpaired) electrons. The lowest BCUT2D eigenvalue weighted by Gasteiger charge is -2.16. The number of hydrogen-bond donors (Lipinski definition) is 1. The minimum Gasteiger partial charge on any atom is -0.481 e. The molecule has 0 spiro atoms. The standard InChI is InChI=1S/C17H17Cl2NO2/c1-11-8-15(19)6-7-16(11)22-12(2)17(21)20-10-13-4-3-5-14(18)9-13/h3-9,12H,10H2,1-2H3,(H,20,21). The molecule has 0 heterocycles. The molecule has 1 atom stereocenters. The Hall–Kier alpha value is -1.71. The van der Waals surface area contributed by atoms with E-state index in [0.29, 0.717) is 22.3 Å². The maximum Gasteiger partial charge on any atom is 0.261 e. The highest BCUT2D eigenvalue weighted by molar-refractivity contribution is 6.30. The van der Waals surface area contributed by atoms with Crippen LogP contribution in [0.3, 0.4) is 0 Å². The number of carbonyl (C=O) groups is 1. The van der Waals surface area contributed by atoms with Gasteiger partial charge in [0.1, 0.15) is 5.75 Å². The maximum absolute atomic E-state index is 12.1. The molecule has 2 rings (SSSR count). The summed E-state index contributed by atoms with van der Waals surface area (Å²) < 4.78 is 5.68. The number of amides is 1. The highest BCUT2D eigenvalue weighted by Gasteiger charge is 2.15. The van der Waals surface area contributed by atoms with Gasteiger partial charge in [-0.25, -0.2) is 0 Å². The SMILES string of the molecule is Cc1cc(Cl)ccc1OC(C)C(=O)NCc1cccc(Cl)c1. The van der Waals surface area contributed by atoms with Crippen molar-refractivity contribution in [3.05, 3.63) is 63.6 Å². The Bertz CT molecular complexity index is 673. The minimum atomic E-state index is -0.598. The lowest BCUT2D eigenvalue weighted by atomic mass is 10.2. The summed E-state index contributed by atoms with van der Waals surface area (Å²) in [5.74, 6) is 0.462. The van der Waals surface area contributed by atoms with Gasteiger partial charge in [-0.15, -0.1) is 0 Å². The van der Waals surface area contributed by atoms with E-state index >= 15 is 0 Å². The van der Waals surface area contributed by atoms with E-state index in [4.69, 9.17) is 27.9 Å². The van der Waals surface area contributed by atoms with E-state index < -0.39 is 6.10 Å². The van der Waals surface area contributed by atoms with Crippen molar-refractivity contribution in [3.8, 4) is 5.75 Å². The summed E-state index contributed by atoms with van der Waals surface area (Å²) in [6.07, 6.45) is -0.598. The van der Waals surface area contributed by atoms with Crippen LogP contribution >= 0.6 is 23.2 Å². The summed E-state index contributed by atoms with van der Waals surface area (Å²) in [5, 5.41) is 4.12. The Morgan fingerprint density at radius 3 is 2.59 bits per heavy atom. The molecule has 0 aliphatic heterocycles. The number of carbonyl (C=O) groups excluding carboxylic acids is 1. The third-order valence-corrected chi connectivity index (χ3v) is 3.64. The van der Waals surface area contributed by atoms with Crippen LogP contribution in [-0.4, -0.2) is 12.0 Å². The van der Waals surface area contributed by atoms with Gasteiger partial charge in [-0.3, -0.25) is 4.79 Å². The van der Waals surface area contributed by atoms with E-state index in [2.05, 4.69) is 5.32 Å². The van der Waals surface area contributed by atoms with Crippen molar-refractivity contribution in [1.29, 1.82) is 0 Å². The smallest absolute Gasteiger partial charge is 0.261 e. The topological polar surface area (TPSA) is 38.3 Å². The molecule has 1 amide bonds. The third kappa shape index (κ3) is 4.65. The molecule has 2 aromatic carbocycles. The van der Waals surface area contributed by atoms with Gasteiger partial charge in [0.2, 0.25) is 0 Å². The first kappa shape index (κ1) is 16.7. The Balaban J connectivity index is 1.92. The number of halogens is 2. The summed E-state index contributed by atoms with van der Waals surface area (Å²) in [6.45, 7) is 4.01. The van der Waals surface area contributed by atoms with Gasteiger partial charge < -0.3 is 10.1 Å². The monoisotopic (exact) mass is 337 g/mol. The van der Waals surface area contributed by atoms with Crippen LogP contribution in [0.5, 0.6) is 5.75 Å². The summed E-state index contributed by atoms with van der Waals surface area (Å²) >= 11 is 11.8. The fourth-order valence-electron chi connectivity index (χ4n) is 1.97. The summed E-state index contributed by atoms with van der Waals surface area (Å²) in [5.41, 5.74) is 1.83. The zero-order valence-corrected chi connectivity index (χ0v) is 13.9. The second kappa shape index (κ2) is 7.52. The maximum atomic E-state index is 12.1. The Morgan fingerprint density at radius 1 is 1.18 bits per heavy atom. The lowest BCUT2D eigenvalue weighted by molar-refractivity contribution is -0.127. The molecule has 0 aliphatic carbocycles.